The van der Waals surface area contributed by atoms with Gasteiger partial charge in [-0.3, -0.25) is 4.79 Å². The predicted molar refractivity (Wildman–Crippen MR) is 67.7 cm³/mol. The molecule has 4 heteroatoms. The van der Waals surface area contributed by atoms with Gasteiger partial charge in [0.05, 0.1) is 32.8 Å². The molecule has 0 radical (unpaired) electrons. The number of methoxy groups -OCH3 is 3. The van der Waals surface area contributed by atoms with Crippen LogP contribution in [0.2, 0.25) is 0 Å². The largest absolute Gasteiger partial charge is 0.496 e. The molecule has 1 aromatic carbocycles. The number of Topliss-reactive ketones (excluding diaryl/α,β-unsaturated/α-hetero) is 1. The van der Waals surface area contributed by atoms with Gasteiger partial charge < -0.3 is 14.2 Å². The van der Waals surface area contributed by atoms with Crippen LogP contribution in [0.4, 0.5) is 0 Å². The Bertz CT molecular complexity index is 453. The maximum absolute atomic E-state index is 12.0. The van der Waals surface area contributed by atoms with E-state index in [0.717, 1.165) is 18.4 Å². The maximum Gasteiger partial charge on any atom is 0.168 e. The van der Waals surface area contributed by atoms with Crippen LogP contribution < -0.4 is 14.2 Å². The molecule has 0 spiro atoms. The van der Waals surface area contributed by atoms with Crippen LogP contribution in [-0.4, -0.2) is 27.1 Å². The van der Waals surface area contributed by atoms with Crippen molar-refractivity contribution in [3.05, 3.63) is 17.7 Å². The number of ether oxygens (including phenoxy) is 3. The molecule has 0 heterocycles. The molecule has 0 amide bonds. The van der Waals surface area contributed by atoms with Crippen molar-refractivity contribution < 1.29 is 19.0 Å². The van der Waals surface area contributed by atoms with Crippen molar-refractivity contribution in [2.24, 2.45) is 0 Å². The van der Waals surface area contributed by atoms with Gasteiger partial charge in [0.15, 0.2) is 11.5 Å². The zero-order valence-electron chi connectivity index (χ0n) is 11.0. The minimum atomic E-state index is -0.134. The highest BCUT2D eigenvalue weighted by atomic mass is 16.5. The summed E-state index contributed by atoms with van der Waals surface area (Å²) in [4.78, 5) is 12.0. The number of ketones is 1. The van der Waals surface area contributed by atoms with E-state index < -0.39 is 0 Å². The number of carbonyl (C=O) groups is 1. The van der Waals surface area contributed by atoms with Crippen LogP contribution >= 0.6 is 0 Å². The van der Waals surface area contributed by atoms with Gasteiger partial charge in [0, 0.05) is 6.42 Å². The molecular formula is C14H18O4. The lowest BCUT2D eigenvalue weighted by Crippen LogP contribution is -2.09. The first-order valence-corrected chi connectivity index (χ1v) is 6.04. The van der Waals surface area contributed by atoms with Crippen molar-refractivity contribution in [1.29, 1.82) is 0 Å². The number of carbonyl (C=O) groups excluding carboxylic acids is 1. The van der Waals surface area contributed by atoms with Gasteiger partial charge >= 0.3 is 0 Å². The highest BCUT2D eigenvalue weighted by molar-refractivity contribution is 5.89. The van der Waals surface area contributed by atoms with Gasteiger partial charge in [0.25, 0.3) is 0 Å². The van der Waals surface area contributed by atoms with Gasteiger partial charge in [-0.1, -0.05) is 0 Å². The molecule has 1 aliphatic rings. The third kappa shape index (κ3) is 2.03. The highest BCUT2D eigenvalue weighted by Crippen LogP contribution is 2.46. The molecule has 1 saturated carbocycles. The molecule has 0 bridgehead atoms. The molecule has 18 heavy (non-hydrogen) atoms. The Balaban J connectivity index is 2.56. The van der Waals surface area contributed by atoms with Gasteiger partial charge in [0.1, 0.15) is 11.5 Å². The van der Waals surface area contributed by atoms with Crippen molar-refractivity contribution in [3.63, 3.8) is 0 Å². The smallest absolute Gasteiger partial charge is 0.168 e. The Morgan fingerprint density at radius 1 is 1.06 bits per heavy atom. The molecule has 1 aromatic rings. The Morgan fingerprint density at radius 2 is 1.72 bits per heavy atom. The van der Waals surface area contributed by atoms with E-state index >= 15 is 0 Å². The topological polar surface area (TPSA) is 44.8 Å². The molecule has 1 fully saturated rings. The van der Waals surface area contributed by atoms with E-state index in [-0.39, 0.29) is 11.7 Å². The van der Waals surface area contributed by atoms with Crippen LogP contribution in [0.3, 0.4) is 0 Å². The number of hydrogen-bond acceptors (Lipinski definition) is 4. The second-order valence-electron chi connectivity index (χ2n) is 4.33. The van der Waals surface area contributed by atoms with Gasteiger partial charge in [0.2, 0.25) is 0 Å². The zero-order valence-corrected chi connectivity index (χ0v) is 11.0. The lowest BCUT2D eigenvalue weighted by Gasteiger charge is -2.19. The van der Waals surface area contributed by atoms with Crippen molar-refractivity contribution in [2.45, 2.75) is 25.2 Å². The summed E-state index contributed by atoms with van der Waals surface area (Å²) in [6, 6.07) is 3.61. The third-order valence-corrected chi connectivity index (χ3v) is 3.42. The van der Waals surface area contributed by atoms with Crippen molar-refractivity contribution in [1.82, 2.24) is 0 Å². The van der Waals surface area contributed by atoms with E-state index in [2.05, 4.69) is 0 Å². The fourth-order valence-electron chi connectivity index (χ4n) is 2.56. The predicted octanol–water partition coefficient (Wildman–Crippen LogP) is 2.55. The summed E-state index contributed by atoms with van der Waals surface area (Å²) in [5.41, 5.74) is 0.821. The highest BCUT2D eigenvalue weighted by Gasteiger charge is 2.32. The number of rotatable bonds is 4. The summed E-state index contributed by atoms with van der Waals surface area (Å²) in [6.07, 6.45) is 2.40. The molecular weight excluding hydrogens is 232 g/mol. The second-order valence-corrected chi connectivity index (χ2v) is 4.33. The summed E-state index contributed by atoms with van der Waals surface area (Å²) in [6.45, 7) is 0. The average Bonchev–Trinajstić information content (AvgIpc) is 2.82. The minimum absolute atomic E-state index is 0.134. The molecule has 1 unspecified atom stereocenters. The molecule has 4 nitrogen and oxygen atoms in total. The molecule has 0 aromatic heterocycles. The van der Waals surface area contributed by atoms with Gasteiger partial charge in [-0.2, -0.15) is 0 Å². The van der Waals surface area contributed by atoms with Crippen LogP contribution in [-0.2, 0) is 4.79 Å². The molecule has 0 saturated heterocycles. The third-order valence-electron chi connectivity index (χ3n) is 3.42. The van der Waals surface area contributed by atoms with E-state index in [1.54, 1.807) is 27.4 Å². The Labute approximate surface area is 107 Å². The summed E-state index contributed by atoms with van der Waals surface area (Å²) in [5.74, 6) is 2.04. The lowest BCUT2D eigenvalue weighted by atomic mass is 9.94. The monoisotopic (exact) mass is 250 g/mol. The van der Waals surface area contributed by atoms with Gasteiger partial charge in [-0.25, -0.2) is 0 Å². The molecule has 0 aliphatic heterocycles. The fraction of sp³-hybridized carbons (Fsp3) is 0.500. The number of benzene rings is 1. The average molecular weight is 250 g/mol. The summed E-state index contributed by atoms with van der Waals surface area (Å²) in [7, 11) is 4.77. The normalized spacial score (nSPS) is 18.8. The minimum Gasteiger partial charge on any atom is -0.496 e. The molecule has 0 N–H and O–H groups in total. The van der Waals surface area contributed by atoms with Gasteiger partial charge in [-0.05, 0) is 25.0 Å². The maximum atomic E-state index is 12.0. The van der Waals surface area contributed by atoms with E-state index in [4.69, 9.17) is 14.2 Å². The van der Waals surface area contributed by atoms with Crippen molar-refractivity contribution in [3.8, 4) is 17.2 Å². The van der Waals surface area contributed by atoms with Crippen LogP contribution in [0.15, 0.2) is 12.1 Å². The van der Waals surface area contributed by atoms with Gasteiger partial charge in [-0.15, -0.1) is 0 Å². The quantitative estimate of drug-likeness (QED) is 0.823. The fourth-order valence-corrected chi connectivity index (χ4v) is 2.56. The second kappa shape index (κ2) is 5.29. The molecule has 1 aliphatic carbocycles. The first kappa shape index (κ1) is 12.7. The van der Waals surface area contributed by atoms with Crippen LogP contribution in [0.25, 0.3) is 0 Å². The Kier molecular flexibility index (Phi) is 3.75. The first-order valence-electron chi connectivity index (χ1n) is 6.04. The standard InChI is InChI=1S/C14H18O4/c1-16-11-7-8-12(17-2)14(18-3)13(11)9-5-4-6-10(9)15/h7-9H,4-6H2,1-3H3. The Morgan fingerprint density at radius 3 is 2.22 bits per heavy atom. The van der Waals surface area contributed by atoms with E-state index in [1.165, 1.54) is 0 Å². The SMILES string of the molecule is COc1ccc(OC)c(C2CCCC2=O)c1OC. The first-order chi connectivity index (χ1) is 8.72. The zero-order chi connectivity index (χ0) is 13.1. The summed E-state index contributed by atoms with van der Waals surface area (Å²) in [5, 5.41) is 0. The van der Waals surface area contributed by atoms with Crippen LogP contribution in [0, 0.1) is 0 Å². The van der Waals surface area contributed by atoms with E-state index in [0.29, 0.717) is 23.7 Å². The van der Waals surface area contributed by atoms with E-state index in [1.807, 2.05) is 6.07 Å². The van der Waals surface area contributed by atoms with Crippen molar-refractivity contribution in [2.75, 3.05) is 21.3 Å². The molecule has 2 rings (SSSR count). The van der Waals surface area contributed by atoms with Crippen LogP contribution in [0.1, 0.15) is 30.7 Å². The summed E-state index contributed by atoms with van der Waals surface area (Å²) < 4.78 is 16.1. The summed E-state index contributed by atoms with van der Waals surface area (Å²) >= 11 is 0. The molecule has 1 atom stereocenters. The Hall–Kier alpha value is -1.71. The lowest BCUT2D eigenvalue weighted by molar-refractivity contribution is -0.118. The number of hydrogen-bond donors (Lipinski definition) is 0. The molecule has 98 valence electrons. The van der Waals surface area contributed by atoms with Crippen LogP contribution in [0.5, 0.6) is 17.2 Å². The van der Waals surface area contributed by atoms with Crippen molar-refractivity contribution >= 4 is 5.78 Å². The van der Waals surface area contributed by atoms with E-state index in [9.17, 15) is 4.79 Å².